The Morgan fingerprint density at radius 2 is 1.94 bits per heavy atom. The highest BCUT2D eigenvalue weighted by Crippen LogP contribution is 2.26. The predicted molar refractivity (Wildman–Crippen MR) is 127 cm³/mol. The predicted octanol–water partition coefficient (Wildman–Crippen LogP) is 3.82. The maximum absolute atomic E-state index is 13.7. The van der Waals surface area contributed by atoms with Gasteiger partial charge in [0.15, 0.2) is 0 Å². The number of hydrogen-bond acceptors (Lipinski definition) is 7. The van der Waals surface area contributed by atoms with Crippen molar-refractivity contribution < 1.29 is 18.4 Å². The van der Waals surface area contributed by atoms with Gasteiger partial charge in [-0.25, -0.2) is 4.39 Å². The van der Waals surface area contributed by atoms with Gasteiger partial charge in [-0.05, 0) is 67.3 Å². The average Bonchev–Trinajstić information content (AvgIpc) is 3.56. The molecule has 3 heterocycles. The van der Waals surface area contributed by atoms with Crippen molar-refractivity contribution in [3.05, 3.63) is 77.3 Å². The van der Waals surface area contributed by atoms with E-state index >= 15 is 0 Å². The Hall–Kier alpha value is -3.86. The van der Waals surface area contributed by atoms with E-state index in [1.165, 1.54) is 51.6 Å². The molecule has 0 spiro atoms. The van der Waals surface area contributed by atoms with Crippen molar-refractivity contribution in [1.29, 1.82) is 0 Å². The lowest BCUT2D eigenvalue weighted by atomic mass is 10.0. The summed E-state index contributed by atoms with van der Waals surface area (Å²) in [6.07, 6.45) is 1.49. The number of carbonyl (C=O) groups excluding carboxylic acids is 2. The molecule has 0 aliphatic heterocycles. The van der Waals surface area contributed by atoms with Crippen LogP contribution in [0.25, 0.3) is 10.7 Å². The van der Waals surface area contributed by atoms with E-state index in [2.05, 4.69) is 20.7 Å². The maximum atomic E-state index is 13.7. The molecule has 0 aliphatic rings. The van der Waals surface area contributed by atoms with Gasteiger partial charge in [-0.3, -0.25) is 9.59 Å². The summed E-state index contributed by atoms with van der Waals surface area (Å²) < 4.78 is 19.1. The first kappa shape index (κ1) is 24.3. The molecule has 2 amide bonds. The minimum absolute atomic E-state index is 0.0118. The zero-order chi connectivity index (χ0) is 25.0. The van der Waals surface area contributed by atoms with E-state index in [4.69, 9.17) is 4.42 Å². The largest absolute Gasteiger partial charge is 0.467 e. The minimum Gasteiger partial charge on any atom is -0.467 e. The van der Waals surface area contributed by atoms with Crippen LogP contribution in [0.2, 0.25) is 0 Å². The van der Waals surface area contributed by atoms with Crippen LogP contribution in [0.15, 0.2) is 64.6 Å². The standard InChI is InChI=1S/C24H25FN6O3S/c1-24(2,3)26-23(33)21(16-8-10-17(25)11-9-16)30(14-18-6-4-12-34-18)20(32)15-31-28-22(27-29-31)19-7-5-13-35-19/h4-13,21H,14-15H2,1-3H3,(H,26,33)/t21-/m1/s1. The molecule has 1 N–H and O–H groups in total. The van der Waals surface area contributed by atoms with Gasteiger partial charge in [0.1, 0.15) is 24.2 Å². The summed E-state index contributed by atoms with van der Waals surface area (Å²) in [5.41, 5.74) is -0.100. The lowest BCUT2D eigenvalue weighted by Crippen LogP contribution is -2.49. The molecule has 1 atom stereocenters. The van der Waals surface area contributed by atoms with E-state index in [-0.39, 0.29) is 13.1 Å². The average molecular weight is 497 g/mol. The van der Waals surface area contributed by atoms with Crippen LogP contribution in [0.3, 0.4) is 0 Å². The number of benzene rings is 1. The number of aromatic nitrogens is 4. The van der Waals surface area contributed by atoms with Crippen molar-refractivity contribution in [2.24, 2.45) is 0 Å². The molecule has 0 bridgehead atoms. The van der Waals surface area contributed by atoms with E-state index in [0.29, 0.717) is 17.1 Å². The van der Waals surface area contributed by atoms with Gasteiger partial charge in [-0.1, -0.05) is 18.2 Å². The lowest BCUT2D eigenvalue weighted by Gasteiger charge is -2.33. The van der Waals surface area contributed by atoms with E-state index in [1.807, 2.05) is 38.3 Å². The summed E-state index contributed by atoms with van der Waals surface area (Å²) in [5, 5.41) is 17.2. The van der Waals surface area contributed by atoms with Gasteiger partial charge in [0, 0.05) is 5.54 Å². The maximum Gasteiger partial charge on any atom is 0.247 e. The summed E-state index contributed by atoms with van der Waals surface area (Å²) in [6.45, 7) is 5.29. The zero-order valence-corrected chi connectivity index (χ0v) is 20.3. The molecule has 3 aromatic heterocycles. The van der Waals surface area contributed by atoms with Gasteiger partial charge in [-0.15, -0.1) is 21.5 Å². The number of halogens is 1. The summed E-state index contributed by atoms with van der Waals surface area (Å²) >= 11 is 1.46. The van der Waals surface area contributed by atoms with Crippen LogP contribution in [0, 0.1) is 5.82 Å². The van der Waals surface area contributed by atoms with Gasteiger partial charge in [0.05, 0.1) is 17.7 Å². The van der Waals surface area contributed by atoms with Crippen LogP contribution >= 0.6 is 11.3 Å². The number of tetrazole rings is 1. The number of nitrogens with zero attached hydrogens (tertiary/aromatic N) is 5. The van der Waals surface area contributed by atoms with Crippen molar-refractivity contribution in [3.63, 3.8) is 0 Å². The number of furan rings is 1. The van der Waals surface area contributed by atoms with Crippen molar-refractivity contribution in [1.82, 2.24) is 30.4 Å². The number of carbonyl (C=O) groups is 2. The Morgan fingerprint density at radius 3 is 2.57 bits per heavy atom. The van der Waals surface area contributed by atoms with Crippen LogP contribution < -0.4 is 5.32 Å². The van der Waals surface area contributed by atoms with E-state index < -0.39 is 29.2 Å². The molecule has 4 rings (SSSR count). The smallest absolute Gasteiger partial charge is 0.247 e. The number of nitrogens with one attached hydrogen (secondary N) is 1. The molecule has 1 aromatic carbocycles. The Balaban J connectivity index is 1.68. The SMILES string of the molecule is CC(C)(C)NC(=O)[C@@H](c1ccc(F)cc1)N(Cc1ccco1)C(=O)Cn1nnc(-c2cccs2)n1. The normalized spacial score (nSPS) is 12.3. The van der Waals surface area contributed by atoms with E-state index in [1.54, 1.807) is 12.1 Å². The first-order valence-electron chi connectivity index (χ1n) is 10.9. The molecule has 0 aliphatic carbocycles. The highest BCUT2D eigenvalue weighted by Gasteiger charge is 2.34. The Morgan fingerprint density at radius 1 is 1.17 bits per heavy atom. The van der Waals surface area contributed by atoms with Crippen LogP contribution in [0.5, 0.6) is 0 Å². The fourth-order valence-electron chi connectivity index (χ4n) is 3.48. The van der Waals surface area contributed by atoms with Gasteiger partial charge in [0.2, 0.25) is 17.6 Å². The molecule has 0 fully saturated rings. The van der Waals surface area contributed by atoms with Crippen LogP contribution in [0.1, 0.15) is 38.1 Å². The van der Waals surface area contributed by atoms with Crippen LogP contribution in [-0.4, -0.2) is 42.5 Å². The molecule has 4 aromatic rings. The van der Waals surface area contributed by atoms with Crippen molar-refractivity contribution in [2.75, 3.05) is 0 Å². The molecular formula is C24H25FN6O3S. The van der Waals surface area contributed by atoms with Gasteiger partial charge in [0.25, 0.3) is 0 Å². The fourth-order valence-corrected chi connectivity index (χ4v) is 4.12. The third kappa shape index (κ3) is 6.18. The summed E-state index contributed by atoms with van der Waals surface area (Å²) in [4.78, 5) is 30.4. The topological polar surface area (TPSA) is 106 Å². The van der Waals surface area contributed by atoms with Crippen molar-refractivity contribution >= 4 is 23.2 Å². The summed E-state index contributed by atoms with van der Waals surface area (Å²) in [6, 6.07) is 11.6. The number of thiophene rings is 1. The second kappa shape index (κ2) is 10.2. The third-order valence-corrected chi connectivity index (χ3v) is 5.81. The van der Waals surface area contributed by atoms with Crippen LogP contribution in [0.4, 0.5) is 4.39 Å². The lowest BCUT2D eigenvalue weighted by molar-refractivity contribution is -0.143. The van der Waals surface area contributed by atoms with E-state index in [0.717, 1.165) is 4.88 Å². The number of hydrogen-bond donors (Lipinski definition) is 1. The van der Waals surface area contributed by atoms with Gasteiger partial charge >= 0.3 is 0 Å². The highest BCUT2D eigenvalue weighted by molar-refractivity contribution is 7.13. The van der Waals surface area contributed by atoms with E-state index in [9.17, 15) is 14.0 Å². The highest BCUT2D eigenvalue weighted by atomic mass is 32.1. The number of amides is 2. The van der Waals surface area contributed by atoms with Crippen LogP contribution in [-0.2, 0) is 22.7 Å². The summed E-state index contributed by atoms with van der Waals surface area (Å²) in [7, 11) is 0. The second-order valence-corrected chi connectivity index (χ2v) is 9.86. The van der Waals surface area contributed by atoms with Gasteiger partial charge < -0.3 is 14.6 Å². The molecular weight excluding hydrogens is 471 g/mol. The first-order valence-corrected chi connectivity index (χ1v) is 11.8. The fraction of sp³-hybridized carbons (Fsp3) is 0.292. The molecule has 35 heavy (non-hydrogen) atoms. The minimum atomic E-state index is -1.05. The Bertz CT molecular complexity index is 1260. The quantitative estimate of drug-likeness (QED) is 0.398. The molecule has 0 radical (unpaired) electrons. The molecule has 182 valence electrons. The molecule has 9 nitrogen and oxygen atoms in total. The molecule has 0 unspecified atom stereocenters. The first-order chi connectivity index (χ1) is 16.7. The zero-order valence-electron chi connectivity index (χ0n) is 19.5. The molecule has 0 saturated carbocycles. The van der Waals surface area contributed by atoms with Crippen molar-refractivity contribution in [3.8, 4) is 10.7 Å². The third-order valence-electron chi connectivity index (χ3n) is 4.94. The van der Waals surface area contributed by atoms with Crippen molar-refractivity contribution in [2.45, 2.75) is 45.4 Å². The Labute approximate surface area is 205 Å². The second-order valence-electron chi connectivity index (χ2n) is 8.92. The Kier molecular flexibility index (Phi) is 7.06. The summed E-state index contributed by atoms with van der Waals surface area (Å²) in [5.74, 6) is -0.392. The number of rotatable bonds is 8. The molecule has 11 heteroatoms. The molecule has 0 saturated heterocycles. The van der Waals surface area contributed by atoms with Gasteiger partial charge in [-0.2, -0.15) is 4.80 Å². The monoisotopic (exact) mass is 496 g/mol.